The van der Waals surface area contributed by atoms with Gasteiger partial charge in [-0.05, 0) is 57.7 Å². The molecule has 32 heavy (non-hydrogen) atoms. The summed E-state index contributed by atoms with van der Waals surface area (Å²) in [6.45, 7) is 2.14. The van der Waals surface area contributed by atoms with Crippen molar-refractivity contribution in [3.05, 3.63) is 45.4 Å². The van der Waals surface area contributed by atoms with Crippen molar-refractivity contribution in [2.24, 2.45) is 0 Å². The van der Waals surface area contributed by atoms with E-state index in [1.807, 2.05) is 14.1 Å². The quantitative estimate of drug-likeness (QED) is 0.544. The van der Waals surface area contributed by atoms with E-state index in [0.717, 1.165) is 29.6 Å². The lowest BCUT2D eigenvalue weighted by molar-refractivity contribution is 0.0697. The number of fused-ring (bicyclic) bond motifs is 1. The third-order valence-corrected chi connectivity index (χ3v) is 8.57. The van der Waals surface area contributed by atoms with Gasteiger partial charge in [0.15, 0.2) is 5.01 Å². The summed E-state index contributed by atoms with van der Waals surface area (Å²) in [6, 6.07) is 6.80. The minimum atomic E-state index is -3.68. The molecule has 1 fully saturated rings. The summed E-state index contributed by atoms with van der Waals surface area (Å²) in [5, 5.41) is 1.90. The van der Waals surface area contributed by atoms with E-state index in [2.05, 4.69) is 14.9 Å². The van der Waals surface area contributed by atoms with Crippen molar-refractivity contribution in [3.63, 3.8) is 0 Å². The van der Waals surface area contributed by atoms with Gasteiger partial charge in [-0.3, -0.25) is 4.79 Å². The molecule has 0 bridgehead atoms. The van der Waals surface area contributed by atoms with Gasteiger partial charge in [0.2, 0.25) is 0 Å². The average Bonchev–Trinajstić information content (AvgIpc) is 3.40. The van der Waals surface area contributed by atoms with E-state index in [4.69, 9.17) is 11.6 Å². The molecule has 1 saturated heterocycles. The third kappa shape index (κ3) is 4.99. The van der Waals surface area contributed by atoms with Crippen molar-refractivity contribution >= 4 is 49.8 Å². The van der Waals surface area contributed by atoms with Crippen LogP contribution in [0.3, 0.4) is 0 Å². The van der Waals surface area contributed by atoms with Gasteiger partial charge in [0.1, 0.15) is 5.03 Å². The van der Waals surface area contributed by atoms with E-state index in [-0.39, 0.29) is 24.0 Å². The van der Waals surface area contributed by atoms with Crippen LogP contribution >= 0.6 is 22.9 Å². The van der Waals surface area contributed by atoms with Crippen LogP contribution in [0.1, 0.15) is 21.1 Å². The van der Waals surface area contributed by atoms with Crippen LogP contribution in [0, 0.1) is 0 Å². The highest BCUT2D eigenvalue weighted by atomic mass is 35.5. The van der Waals surface area contributed by atoms with E-state index in [0.29, 0.717) is 28.6 Å². The van der Waals surface area contributed by atoms with Crippen molar-refractivity contribution < 1.29 is 13.2 Å². The number of thiazole rings is 1. The number of benzene rings is 1. The number of carbonyl (C=O) groups is 1. The predicted molar refractivity (Wildman–Crippen MR) is 127 cm³/mol. The Morgan fingerprint density at radius 2 is 1.97 bits per heavy atom. The highest BCUT2D eigenvalue weighted by Crippen LogP contribution is 2.25. The number of aryl methyl sites for hydroxylation is 1. The standard InChI is InChI=1S/C21H26ClN5O3S2/c1-25(2)7-3-4-17-14-23-20(31-17)21(28)26-8-10-27(11-9-26)32(29,30)19-13-15-12-16(22)5-6-18(15)24-19/h5-6,12-14,24H,3-4,7-11H2,1-2H3. The maximum atomic E-state index is 13.1. The van der Waals surface area contributed by atoms with Crippen LogP contribution in [0.5, 0.6) is 0 Å². The Morgan fingerprint density at radius 3 is 2.69 bits per heavy atom. The molecule has 0 saturated carbocycles. The summed E-state index contributed by atoms with van der Waals surface area (Å²) in [7, 11) is 0.390. The first-order valence-corrected chi connectivity index (χ1v) is 13.0. The van der Waals surface area contributed by atoms with Crippen molar-refractivity contribution in [1.82, 2.24) is 24.1 Å². The maximum Gasteiger partial charge on any atom is 0.282 e. The zero-order valence-corrected chi connectivity index (χ0v) is 20.4. The smallest absolute Gasteiger partial charge is 0.282 e. The molecule has 3 heterocycles. The van der Waals surface area contributed by atoms with Crippen LogP contribution in [0.2, 0.25) is 5.02 Å². The number of nitrogens with zero attached hydrogens (tertiary/aromatic N) is 4. The van der Waals surface area contributed by atoms with E-state index in [1.165, 1.54) is 15.6 Å². The zero-order chi connectivity index (χ0) is 22.9. The van der Waals surface area contributed by atoms with E-state index in [9.17, 15) is 13.2 Å². The normalized spacial score (nSPS) is 15.7. The number of nitrogens with one attached hydrogen (secondary N) is 1. The summed E-state index contributed by atoms with van der Waals surface area (Å²) < 4.78 is 27.6. The lowest BCUT2D eigenvalue weighted by Gasteiger charge is -2.33. The van der Waals surface area contributed by atoms with E-state index in [1.54, 1.807) is 35.4 Å². The molecule has 4 rings (SSSR count). The number of piperazine rings is 1. The Bertz CT molecular complexity index is 1210. The number of hydrogen-bond acceptors (Lipinski definition) is 6. The fraction of sp³-hybridized carbons (Fsp3) is 0.429. The number of hydrogen-bond donors (Lipinski definition) is 1. The van der Waals surface area contributed by atoms with Gasteiger partial charge in [0.25, 0.3) is 15.9 Å². The van der Waals surface area contributed by atoms with Crippen LogP contribution < -0.4 is 0 Å². The molecule has 3 aromatic rings. The molecule has 1 aromatic carbocycles. The van der Waals surface area contributed by atoms with Gasteiger partial charge in [-0.25, -0.2) is 13.4 Å². The third-order valence-electron chi connectivity index (χ3n) is 5.47. The molecule has 0 radical (unpaired) electrons. The second kappa shape index (κ2) is 9.48. The number of sulfonamides is 1. The molecule has 11 heteroatoms. The highest BCUT2D eigenvalue weighted by molar-refractivity contribution is 7.89. The molecule has 1 amide bonds. The Morgan fingerprint density at radius 1 is 1.22 bits per heavy atom. The van der Waals surface area contributed by atoms with Gasteiger partial charge in [0.05, 0.1) is 0 Å². The molecule has 0 aliphatic carbocycles. The van der Waals surface area contributed by atoms with E-state index < -0.39 is 10.0 Å². The molecule has 172 valence electrons. The highest BCUT2D eigenvalue weighted by Gasteiger charge is 2.32. The Kier molecular flexibility index (Phi) is 6.87. The first-order valence-electron chi connectivity index (χ1n) is 10.4. The number of H-pyrrole nitrogens is 1. The second-order valence-electron chi connectivity index (χ2n) is 8.10. The molecule has 2 aromatic heterocycles. The minimum Gasteiger partial charge on any atom is -0.345 e. The molecule has 1 aliphatic rings. The second-order valence-corrected chi connectivity index (χ2v) is 11.6. The number of carbonyl (C=O) groups excluding carboxylic acids is 1. The van der Waals surface area contributed by atoms with E-state index >= 15 is 0 Å². The molecule has 1 aliphatic heterocycles. The molecular formula is C21H26ClN5O3S2. The van der Waals surface area contributed by atoms with Crippen molar-refractivity contribution in [1.29, 1.82) is 0 Å². The first kappa shape index (κ1) is 23.2. The fourth-order valence-electron chi connectivity index (χ4n) is 3.71. The van der Waals surface area contributed by atoms with Gasteiger partial charge < -0.3 is 14.8 Å². The SMILES string of the molecule is CN(C)CCCc1cnc(C(=O)N2CCN(S(=O)(=O)c3cc4cc(Cl)ccc4[nH]3)CC2)s1. The molecular weight excluding hydrogens is 470 g/mol. The summed E-state index contributed by atoms with van der Waals surface area (Å²) in [4.78, 5) is 25.0. The molecule has 0 unspecified atom stereocenters. The monoisotopic (exact) mass is 495 g/mol. The van der Waals surface area contributed by atoms with Crippen LogP contribution in [-0.2, 0) is 16.4 Å². The lowest BCUT2D eigenvalue weighted by atomic mass is 10.2. The molecule has 8 nitrogen and oxygen atoms in total. The Hall–Kier alpha value is -1.98. The number of aromatic amines is 1. The predicted octanol–water partition coefficient (Wildman–Crippen LogP) is 2.92. The van der Waals surface area contributed by atoms with Crippen LogP contribution in [-0.4, -0.2) is 85.2 Å². The molecule has 0 spiro atoms. The number of aromatic nitrogens is 2. The van der Waals surface area contributed by atoms with Gasteiger partial charge in [-0.1, -0.05) is 11.6 Å². The van der Waals surface area contributed by atoms with Crippen LogP contribution in [0.25, 0.3) is 10.9 Å². The summed E-state index contributed by atoms with van der Waals surface area (Å²) >= 11 is 7.43. The van der Waals surface area contributed by atoms with Gasteiger partial charge in [-0.2, -0.15) is 4.31 Å². The number of rotatable bonds is 7. The van der Waals surface area contributed by atoms with Crippen molar-refractivity contribution in [2.45, 2.75) is 17.9 Å². The van der Waals surface area contributed by atoms with Gasteiger partial charge in [-0.15, -0.1) is 11.3 Å². The van der Waals surface area contributed by atoms with Crippen LogP contribution in [0.4, 0.5) is 0 Å². The van der Waals surface area contributed by atoms with Crippen molar-refractivity contribution in [3.8, 4) is 0 Å². The summed E-state index contributed by atoms with van der Waals surface area (Å²) in [5.41, 5.74) is 0.715. The number of halogens is 1. The largest absolute Gasteiger partial charge is 0.345 e. The number of amides is 1. The maximum absolute atomic E-state index is 13.1. The zero-order valence-electron chi connectivity index (χ0n) is 18.0. The van der Waals surface area contributed by atoms with Crippen molar-refractivity contribution in [2.75, 3.05) is 46.8 Å². The van der Waals surface area contributed by atoms with Gasteiger partial charge in [0, 0.05) is 53.2 Å². The fourth-order valence-corrected chi connectivity index (χ4v) is 6.25. The molecule has 0 atom stereocenters. The molecule has 1 N–H and O–H groups in total. The Labute approximate surface area is 196 Å². The Balaban J connectivity index is 1.38. The summed E-state index contributed by atoms with van der Waals surface area (Å²) in [5.74, 6) is -0.133. The van der Waals surface area contributed by atoms with Crippen LogP contribution in [0.15, 0.2) is 35.5 Å². The van der Waals surface area contributed by atoms with Gasteiger partial charge >= 0.3 is 0 Å². The minimum absolute atomic E-state index is 0.133. The topological polar surface area (TPSA) is 89.6 Å². The average molecular weight is 496 g/mol. The lowest BCUT2D eigenvalue weighted by Crippen LogP contribution is -2.50. The first-order chi connectivity index (χ1) is 15.2. The summed E-state index contributed by atoms with van der Waals surface area (Å²) in [6.07, 6.45) is 3.68.